The maximum atomic E-state index is 14.1. The van der Waals surface area contributed by atoms with Gasteiger partial charge in [0.15, 0.2) is 11.6 Å². The highest BCUT2D eigenvalue weighted by Crippen LogP contribution is 2.46. The lowest BCUT2D eigenvalue weighted by Gasteiger charge is -2.05. The summed E-state index contributed by atoms with van der Waals surface area (Å²) in [6.45, 7) is 0. The fraction of sp³-hybridized carbons (Fsp3) is 0. The largest absolute Gasteiger partial charge is 0.502 e. The van der Waals surface area contributed by atoms with Crippen LogP contribution in [0.1, 0.15) is 0 Å². The van der Waals surface area contributed by atoms with Gasteiger partial charge in [0.05, 0.1) is 15.5 Å². The summed E-state index contributed by atoms with van der Waals surface area (Å²) in [6.07, 6.45) is 0. The molecule has 0 aliphatic heterocycles. The summed E-state index contributed by atoms with van der Waals surface area (Å²) in [7, 11) is -4.07. The Labute approximate surface area is 147 Å². The first-order valence-corrected chi connectivity index (χ1v) is 8.74. The summed E-state index contributed by atoms with van der Waals surface area (Å²) in [5.74, 6) is -3.66. The molecule has 1 aromatic heterocycles. The predicted molar refractivity (Wildman–Crippen MR) is 89.7 cm³/mol. The van der Waals surface area contributed by atoms with Crippen molar-refractivity contribution in [2.75, 3.05) is 4.72 Å². The molecule has 0 saturated heterocycles. The number of aromatic hydroxyl groups is 2. The molecule has 0 spiro atoms. The van der Waals surface area contributed by atoms with Gasteiger partial charge in [0, 0.05) is 0 Å². The van der Waals surface area contributed by atoms with Gasteiger partial charge in [-0.1, -0.05) is 35.9 Å². The highest BCUT2D eigenvalue weighted by atomic mass is 35.5. The number of halogens is 2. The van der Waals surface area contributed by atoms with E-state index < -0.39 is 39.0 Å². The number of furan rings is 1. The van der Waals surface area contributed by atoms with Gasteiger partial charge in [-0.3, -0.25) is 0 Å². The number of hydrogen-bond acceptors (Lipinski definition) is 5. The van der Waals surface area contributed by atoms with Crippen LogP contribution in [0.25, 0.3) is 11.3 Å². The maximum Gasteiger partial charge on any atom is 0.264 e. The molecule has 0 aliphatic carbocycles. The van der Waals surface area contributed by atoms with E-state index in [9.17, 15) is 23.0 Å². The Bertz CT molecular complexity index is 1030. The highest BCUT2D eigenvalue weighted by Gasteiger charge is 2.27. The van der Waals surface area contributed by atoms with Crippen LogP contribution in [0.4, 0.5) is 10.3 Å². The van der Waals surface area contributed by atoms with Gasteiger partial charge in [-0.05, 0) is 24.3 Å². The van der Waals surface area contributed by atoms with Crippen molar-refractivity contribution < 1.29 is 27.4 Å². The molecule has 6 nitrogen and oxygen atoms in total. The quantitative estimate of drug-likeness (QED) is 0.633. The van der Waals surface area contributed by atoms with Crippen LogP contribution in [0.2, 0.25) is 5.02 Å². The Balaban J connectivity index is 2.04. The molecular formula is C16H11ClFNO5S. The Hall–Kier alpha value is -2.71. The van der Waals surface area contributed by atoms with E-state index in [1.165, 1.54) is 42.5 Å². The van der Waals surface area contributed by atoms with Gasteiger partial charge < -0.3 is 14.6 Å². The molecule has 0 amide bonds. The van der Waals surface area contributed by atoms with E-state index in [0.717, 1.165) is 0 Å². The van der Waals surface area contributed by atoms with Gasteiger partial charge in [-0.15, -0.1) is 0 Å². The van der Waals surface area contributed by atoms with Crippen molar-refractivity contribution >= 4 is 27.5 Å². The van der Waals surface area contributed by atoms with E-state index in [0.29, 0.717) is 0 Å². The molecule has 9 heteroatoms. The topological polar surface area (TPSA) is 99.8 Å². The number of rotatable bonds is 4. The molecule has 0 atom stereocenters. The second kappa shape index (κ2) is 6.30. The summed E-state index contributed by atoms with van der Waals surface area (Å²) < 4.78 is 45.8. The highest BCUT2D eigenvalue weighted by molar-refractivity contribution is 7.92. The minimum Gasteiger partial charge on any atom is -0.502 e. The fourth-order valence-electron chi connectivity index (χ4n) is 2.13. The van der Waals surface area contributed by atoms with Gasteiger partial charge in [-0.2, -0.15) is 0 Å². The molecule has 0 unspecified atom stereocenters. The number of hydrogen-bond donors (Lipinski definition) is 3. The molecule has 130 valence electrons. The third-order valence-electron chi connectivity index (χ3n) is 3.34. The smallest absolute Gasteiger partial charge is 0.264 e. The van der Waals surface area contributed by atoms with Crippen molar-refractivity contribution in [2.24, 2.45) is 0 Å². The lowest BCUT2D eigenvalue weighted by molar-refractivity contribution is 0.410. The van der Waals surface area contributed by atoms with Gasteiger partial charge in [0.1, 0.15) is 0 Å². The SMILES string of the molecule is O=S(=O)(Nc1oc(-c2cccc(Cl)c2F)c(O)c1O)c1ccccc1. The number of sulfonamides is 1. The zero-order chi connectivity index (χ0) is 18.2. The van der Waals surface area contributed by atoms with Crippen molar-refractivity contribution in [1.29, 1.82) is 0 Å². The summed E-state index contributed by atoms with van der Waals surface area (Å²) in [5.41, 5.74) is -0.231. The van der Waals surface area contributed by atoms with Crippen molar-refractivity contribution in [3.63, 3.8) is 0 Å². The minimum absolute atomic E-state index is 0.0826. The van der Waals surface area contributed by atoms with Gasteiger partial charge in [0.25, 0.3) is 15.9 Å². The zero-order valence-electron chi connectivity index (χ0n) is 12.4. The van der Waals surface area contributed by atoms with Crippen LogP contribution in [0, 0.1) is 5.82 Å². The molecule has 0 radical (unpaired) electrons. The lowest BCUT2D eigenvalue weighted by Crippen LogP contribution is -2.12. The van der Waals surface area contributed by atoms with Crippen molar-refractivity contribution in [1.82, 2.24) is 0 Å². The molecule has 3 aromatic rings. The molecule has 0 fully saturated rings. The van der Waals surface area contributed by atoms with Gasteiger partial charge in [-0.25, -0.2) is 17.5 Å². The summed E-state index contributed by atoms with van der Waals surface area (Å²) >= 11 is 5.68. The Kier molecular flexibility index (Phi) is 4.32. The van der Waals surface area contributed by atoms with Crippen LogP contribution in [0.15, 0.2) is 57.8 Å². The zero-order valence-corrected chi connectivity index (χ0v) is 14.0. The molecule has 0 aliphatic rings. The first kappa shape index (κ1) is 17.1. The Morgan fingerprint density at radius 1 is 1.00 bits per heavy atom. The second-order valence-corrected chi connectivity index (χ2v) is 7.07. The molecule has 3 rings (SSSR count). The average Bonchev–Trinajstić information content (AvgIpc) is 2.86. The Morgan fingerprint density at radius 2 is 1.68 bits per heavy atom. The standard InChI is InChI=1S/C16H11ClFNO5S/c17-11-8-4-7-10(12(11)18)15-13(20)14(21)16(24-15)19-25(22,23)9-5-2-1-3-6-9/h1-8,19-21H. The molecular weight excluding hydrogens is 373 g/mol. The second-order valence-electron chi connectivity index (χ2n) is 4.98. The molecule has 3 N–H and O–H groups in total. The van der Waals surface area contributed by atoms with E-state index in [4.69, 9.17) is 16.0 Å². The third kappa shape index (κ3) is 3.13. The third-order valence-corrected chi connectivity index (χ3v) is 4.97. The van der Waals surface area contributed by atoms with Crippen molar-refractivity contribution in [3.05, 3.63) is 59.4 Å². The first-order chi connectivity index (χ1) is 11.8. The van der Waals surface area contributed by atoms with E-state index in [1.807, 2.05) is 4.72 Å². The van der Waals surface area contributed by atoms with Crippen LogP contribution in [0.3, 0.4) is 0 Å². The monoisotopic (exact) mass is 383 g/mol. The van der Waals surface area contributed by atoms with Crippen LogP contribution in [-0.2, 0) is 10.0 Å². The van der Waals surface area contributed by atoms with Crippen molar-refractivity contribution in [3.8, 4) is 22.8 Å². The molecule has 25 heavy (non-hydrogen) atoms. The van der Waals surface area contributed by atoms with E-state index in [-0.39, 0.29) is 15.5 Å². The van der Waals surface area contributed by atoms with E-state index >= 15 is 0 Å². The van der Waals surface area contributed by atoms with Crippen LogP contribution < -0.4 is 4.72 Å². The lowest BCUT2D eigenvalue weighted by atomic mass is 10.1. The van der Waals surface area contributed by atoms with Crippen LogP contribution in [0.5, 0.6) is 11.5 Å². The molecule has 0 saturated carbocycles. The summed E-state index contributed by atoms with van der Waals surface area (Å²) in [6, 6.07) is 11.3. The Morgan fingerprint density at radius 3 is 2.36 bits per heavy atom. The first-order valence-electron chi connectivity index (χ1n) is 6.88. The molecule has 2 aromatic carbocycles. The van der Waals surface area contributed by atoms with E-state index in [2.05, 4.69) is 0 Å². The average molecular weight is 384 g/mol. The minimum atomic E-state index is -4.07. The maximum absolute atomic E-state index is 14.1. The summed E-state index contributed by atoms with van der Waals surface area (Å²) in [5, 5.41) is 19.7. The molecule has 1 heterocycles. The normalized spacial score (nSPS) is 11.4. The van der Waals surface area contributed by atoms with Crippen LogP contribution in [-0.4, -0.2) is 18.6 Å². The van der Waals surface area contributed by atoms with E-state index in [1.54, 1.807) is 6.07 Å². The number of anilines is 1. The molecule has 0 bridgehead atoms. The van der Waals surface area contributed by atoms with Crippen LogP contribution >= 0.6 is 11.6 Å². The predicted octanol–water partition coefficient (Wildman–Crippen LogP) is 3.95. The van der Waals surface area contributed by atoms with Gasteiger partial charge in [0.2, 0.25) is 11.5 Å². The number of benzene rings is 2. The van der Waals surface area contributed by atoms with Crippen molar-refractivity contribution in [2.45, 2.75) is 4.90 Å². The number of nitrogens with one attached hydrogen (secondary N) is 1. The van der Waals surface area contributed by atoms with Gasteiger partial charge >= 0.3 is 0 Å². The summed E-state index contributed by atoms with van der Waals surface area (Å²) in [4.78, 5) is -0.0826. The fourth-order valence-corrected chi connectivity index (χ4v) is 3.32.